The molecule has 20 heavy (non-hydrogen) atoms. The summed E-state index contributed by atoms with van der Waals surface area (Å²) in [5.41, 5.74) is -0.421. The van der Waals surface area contributed by atoms with Gasteiger partial charge in [-0.05, 0) is 18.2 Å². The molecule has 1 heterocycles. The van der Waals surface area contributed by atoms with Crippen LogP contribution in [-0.4, -0.2) is 18.5 Å². The lowest BCUT2D eigenvalue weighted by Crippen LogP contribution is -2.12. The molecule has 2 aromatic carbocycles. The maximum atomic E-state index is 12.4. The molecule has 5 heteroatoms. The summed E-state index contributed by atoms with van der Waals surface area (Å²) in [6.45, 7) is 0. The summed E-state index contributed by atoms with van der Waals surface area (Å²) in [7, 11) is -3.82. The Balaban J connectivity index is 2.11. The smallest absolute Gasteiger partial charge is 0.209 e. The van der Waals surface area contributed by atoms with Crippen molar-refractivity contribution in [2.75, 3.05) is 0 Å². The van der Waals surface area contributed by atoms with Crippen molar-refractivity contribution in [3.63, 3.8) is 0 Å². The van der Waals surface area contributed by atoms with Gasteiger partial charge in [-0.2, -0.15) is 0 Å². The van der Waals surface area contributed by atoms with Gasteiger partial charge >= 0.3 is 0 Å². The molecule has 4 nitrogen and oxygen atoms in total. The van der Waals surface area contributed by atoms with E-state index in [2.05, 4.69) is 4.98 Å². The van der Waals surface area contributed by atoms with E-state index in [4.69, 9.17) is 0 Å². The minimum atomic E-state index is -3.82. The van der Waals surface area contributed by atoms with Crippen molar-refractivity contribution in [1.29, 1.82) is 0 Å². The van der Waals surface area contributed by atoms with E-state index >= 15 is 0 Å². The third-order valence-electron chi connectivity index (χ3n) is 3.25. The van der Waals surface area contributed by atoms with Crippen LogP contribution < -0.4 is 0 Å². The standard InChI is InChI=1S/C15H13NO3S/c17-15(20(18,19)11-6-2-1-3-7-11)13-10-16-14-9-5-4-8-12(13)14/h1-10,15-17H. The number of nitrogens with one attached hydrogen (secondary N) is 1. The normalized spacial score (nSPS) is 13.4. The van der Waals surface area contributed by atoms with E-state index in [-0.39, 0.29) is 4.90 Å². The van der Waals surface area contributed by atoms with Gasteiger partial charge < -0.3 is 10.1 Å². The van der Waals surface area contributed by atoms with Gasteiger partial charge in [-0.15, -0.1) is 0 Å². The van der Waals surface area contributed by atoms with Crippen molar-refractivity contribution in [2.24, 2.45) is 0 Å². The Bertz CT molecular complexity index is 838. The highest BCUT2D eigenvalue weighted by Gasteiger charge is 2.28. The minimum Gasteiger partial charge on any atom is -0.373 e. The van der Waals surface area contributed by atoms with Crippen molar-refractivity contribution >= 4 is 20.7 Å². The third-order valence-corrected chi connectivity index (χ3v) is 5.02. The van der Waals surface area contributed by atoms with E-state index < -0.39 is 15.3 Å². The molecule has 0 saturated heterocycles. The van der Waals surface area contributed by atoms with Crippen LogP contribution in [0.15, 0.2) is 65.7 Å². The number of aromatic amines is 1. The van der Waals surface area contributed by atoms with Crippen molar-refractivity contribution in [2.45, 2.75) is 10.3 Å². The van der Waals surface area contributed by atoms with Crippen molar-refractivity contribution < 1.29 is 13.5 Å². The van der Waals surface area contributed by atoms with Gasteiger partial charge in [0.1, 0.15) is 0 Å². The summed E-state index contributed by atoms with van der Waals surface area (Å²) in [6.07, 6.45) is 1.54. The first-order valence-electron chi connectivity index (χ1n) is 6.14. The molecule has 0 bridgehead atoms. The Labute approximate surface area is 116 Å². The van der Waals surface area contributed by atoms with Crippen LogP contribution in [-0.2, 0) is 9.84 Å². The number of hydrogen-bond acceptors (Lipinski definition) is 3. The number of aliphatic hydroxyl groups is 1. The lowest BCUT2D eigenvalue weighted by molar-refractivity contribution is 0.256. The van der Waals surface area contributed by atoms with Gasteiger partial charge in [-0.25, -0.2) is 8.42 Å². The monoisotopic (exact) mass is 287 g/mol. The second-order valence-electron chi connectivity index (χ2n) is 4.50. The molecule has 2 N–H and O–H groups in total. The summed E-state index contributed by atoms with van der Waals surface area (Å²) in [5, 5.41) is 11.0. The molecule has 3 rings (SSSR count). The molecule has 3 aromatic rings. The minimum absolute atomic E-state index is 0.109. The van der Waals surface area contributed by atoms with Crippen molar-refractivity contribution in [1.82, 2.24) is 4.98 Å². The first kappa shape index (κ1) is 12.9. The van der Waals surface area contributed by atoms with Crippen LogP contribution >= 0.6 is 0 Å². The van der Waals surface area contributed by atoms with Crippen LogP contribution in [0.5, 0.6) is 0 Å². The average molecular weight is 287 g/mol. The second-order valence-corrected chi connectivity index (χ2v) is 6.51. The quantitative estimate of drug-likeness (QED) is 0.778. The van der Waals surface area contributed by atoms with Gasteiger partial charge in [0.25, 0.3) is 0 Å². The molecule has 0 amide bonds. The van der Waals surface area contributed by atoms with Crippen LogP contribution in [0.1, 0.15) is 11.0 Å². The largest absolute Gasteiger partial charge is 0.373 e. The number of H-pyrrole nitrogens is 1. The van der Waals surface area contributed by atoms with E-state index in [1.54, 1.807) is 24.3 Å². The summed E-state index contributed by atoms with van der Waals surface area (Å²) in [4.78, 5) is 3.08. The predicted molar refractivity (Wildman–Crippen MR) is 76.9 cm³/mol. The lowest BCUT2D eigenvalue weighted by atomic mass is 10.2. The molecule has 0 aliphatic carbocycles. The Morgan fingerprint density at radius 3 is 2.35 bits per heavy atom. The highest BCUT2D eigenvalue weighted by molar-refractivity contribution is 7.91. The number of fused-ring (bicyclic) bond motifs is 1. The topological polar surface area (TPSA) is 70.2 Å². The SMILES string of the molecule is O=S(=O)(c1ccccc1)C(O)c1c[nH]c2ccccc12. The van der Waals surface area contributed by atoms with Crippen molar-refractivity contribution in [3.05, 3.63) is 66.4 Å². The molecular formula is C15H13NO3S. The van der Waals surface area contributed by atoms with Gasteiger partial charge in [-0.1, -0.05) is 36.4 Å². The van der Waals surface area contributed by atoms with Crippen LogP contribution in [0.25, 0.3) is 10.9 Å². The van der Waals surface area contributed by atoms with Crippen LogP contribution in [0.2, 0.25) is 0 Å². The first-order chi connectivity index (χ1) is 9.60. The molecule has 0 saturated carbocycles. The van der Waals surface area contributed by atoms with Crippen LogP contribution in [0, 0.1) is 0 Å². The molecule has 0 aliphatic heterocycles. The van der Waals surface area contributed by atoms with Crippen LogP contribution in [0.4, 0.5) is 0 Å². The van der Waals surface area contributed by atoms with Gasteiger partial charge in [0.15, 0.2) is 5.44 Å². The first-order valence-corrected chi connectivity index (χ1v) is 7.68. The Morgan fingerprint density at radius 2 is 1.60 bits per heavy atom. The number of hydrogen-bond donors (Lipinski definition) is 2. The fourth-order valence-electron chi connectivity index (χ4n) is 2.20. The molecular weight excluding hydrogens is 274 g/mol. The molecule has 1 atom stereocenters. The predicted octanol–water partition coefficient (Wildman–Crippen LogP) is 2.63. The molecule has 1 unspecified atom stereocenters. The summed E-state index contributed by atoms with van der Waals surface area (Å²) >= 11 is 0. The summed E-state index contributed by atoms with van der Waals surface area (Å²) in [5.74, 6) is 0. The number of para-hydroxylation sites is 1. The van der Waals surface area contributed by atoms with E-state index in [9.17, 15) is 13.5 Å². The van der Waals surface area contributed by atoms with Gasteiger partial charge in [0, 0.05) is 22.7 Å². The zero-order chi connectivity index (χ0) is 14.2. The summed E-state index contributed by atoms with van der Waals surface area (Å²) < 4.78 is 24.8. The highest BCUT2D eigenvalue weighted by atomic mass is 32.2. The molecule has 0 radical (unpaired) electrons. The number of sulfone groups is 1. The fraction of sp³-hybridized carbons (Fsp3) is 0.0667. The maximum Gasteiger partial charge on any atom is 0.209 e. The van der Waals surface area contributed by atoms with E-state index in [0.29, 0.717) is 10.9 Å². The zero-order valence-electron chi connectivity index (χ0n) is 10.5. The van der Waals surface area contributed by atoms with Crippen molar-refractivity contribution in [3.8, 4) is 0 Å². The molecule has 1 aromatic heterocycles. The molecule has 0 fully saturated rings. The molecule has 0 spiro atoms. The fourth-order valence-corrected chi connectivity index (χ4v) is 3.53. The Kier molecular flexibility index (Phi) is 3.08. The summed E-state index contributed by atoms with van der Waals surface area (Å²) in [6, 6.07) is 15.2. The van der Waals surface area contributed by atoms with E-state index in [1.807, 2.05) is 18.2 Å². The Morgan fingerprint density at radius 1 is 0.950 bits per heavy atom. The number of aliphatic hydroxyl groups excluding tert-OH is 1. The zero-order valence-corrected chi connectivity index (χ0v) is 11.3. The van der Waals surface area contributed by atoms with Gasteiger partial charge in [0.2, 0.25) is 9.84 Å². The molecule has 102 valence electrons. The number of rotatable bonds is 3. The highest BCUT2D eigenvalue weighted by Crippen LogP contribution is 2.31. The van der Waals surface area contributed by atoms with Crippen LogP contribution in [0.3, 0.4) is 0 Å². The second kappa shape index (κ2) is 4.77. The lowest BCUT2D eigenvalue weighted by Gasteiger charge is -2.11. The molecule has 0 aliphatic rings. The van der Waals surface area contributed by atoms with E-state index in [1.165, 1.54) is 18.3 Å². The Hall–Kier alpha value is -2.11. The maximum absolute atomic E-state index is 12.4. The third kappa shape index (κ3) is 2.01. The van der Waals surface area contributed by atoms with E-state index in [0.717, 1.165) is 5.52 Å². The van der Waals surface area contributed by atoms with Gasteiger partial charge in [-0.3, -0.25) is 0 Å². The van der Waals surface area contributed by atoms with Gasteiger partial charge in [0.05, 0.1) is 4.90 Å². The average Bonchev–Trinajstić information content (AvgIpc) is 2.91. The number of aromatic nitrogens is 1. The number of benzene rings is 2.